The lowest BCUT2D eigenvalue weighted by Crippen LogP contribution is -2.11. The SMILES string of the molecule is COCCn1c(C(=O)O)cc2cc(Br)ccc21. The number of carboxylic acid groups (broad SMARTS) is 1. The summed E-state index contributed by atoms with van der Waals surface area (Å²) in [6, 6.07) is 7.39. The van der Waals surface area contributed by atoms with E-state index in [1.165, 1.54) is 0 Å². The number of hydrogen-bond donors (Lipinski definition) is 1. The Morgan fingerprint density at radius 2 is 2.24 bits per heavy atom. The number of nitrogens with zero attached hydrogens (tertiary/aromatic N) is 1. The van der Waals surface area contributed by atoms with Gasteiger partial charge in [-0.2, -0.15) is 0 Å². The molecule has 0 aliphatic carbocycles. The Morgan fingerprint density at radius 1 is 1.47 bits per heavy atom. The van der Waals surface area contributed by atoms with Gasteiger partial charge in [-0.25, -0.2) is 4.79 Å². The Balaban J connectivity index is 2.58. The molecule has 90 valence electrons. The van der Waals surface area contributed by atoms with Gasteiger partial charge in [-0.1, -0.05) is 15.9 Å². The van der Waals surface area contributed by atoms with E-state index in [0.29, 0.717) is 13.2 Å². The van der Waals surface area contributed by atoms with Gasteiger partial charge in [0.05, 0.1) is 6.61 Å². The number of benzene rings is 1. The standard InChI is InChI=1S/C12H12BrNO3/c1-17-5-4-14-10-3-2-9(13)6-8(10)7-11(14)12(15)16/h2-3,6-7H,4-5H2,1H3,(H,15,16). The zero-order chi connectivity index (χ0) is 12.4. The summed E-state index contributed by atoms with van der Waals surface area (Å²) in [4.78, 5) is 11.2. The Bertz CT molecular complexity index is 562. The first-order chi connectivity index (χ1) is 8.13. The number of hydrogen-bond acceptors (Lipinski definition) is 2. The van der Waals surface area contributed by atoms with E-state index >= 15 is 0 Å². The molecule has 1 aromatic heterocycles. The zero-order valence-corrected chi connectivity index (χ0v) is 10.9. The van der Waals surface area contributed by atoms with E-state index in [0.717, 1.165) is 15.4 Å². The first kappa shape index (κ1) is 12.1. The van der Waals surface area contributed by atoms with Crippen LogP contribution in [0.15, 0.2) is 28.7 Å². The topological polar surface area (TPSA) is 51.5 Å². The molecular formula is C12H12BrNO3. The van der Waals surface area contributed by atoms with Gasteiger partial charge in [0.15, 0.2) is 0 Å². The fourth-order valence-electron chi connectivity index (χ4n) is 1.84. The predicted molar refractivity (Wildman–Crippen MR) is 68.5 cm³/mol. The van der Waals surface area contributed by atoms with Gasteiger partial charge >= 0.3 is 5.97 Å². The molecule has 0 amide bonds. The van der Waals surface area contributed by atoms with Crippen LogP contribution in [0.4, 0.5) is 0 Å². The van der Waals surface area contributed by atoms with E-state index in [9.17, 15) is 4.79 Å². The van der Waals surface area contributed by atoms with Crippen molar-refractivity contribution in [2.24, 2.45) is 0 Å². The molecule has 0 saturated carbocycles. The highest BCUT2D eigenvalue weighted by Crippen LogP contribution is 2.23. The van der Waals surface area contributed by atoms with Crippen molar-refractivity contribution in [1.82, 2.24) is 4.57 Å². The van der Waals surface area contributed by atoms with Gasteiger partial charge < -0.3 is 14.4 Å². The van der Waals surface area contributed by atoms with E-state index < -0.39 is 5.97 Å². The Morgan fingerprint density at radius 3 is 2.88 bits per heavy atom. The third kappa shape index (κ3) is 2.35. The average molecular weight is 298 g/mol. The van der Waals surface area contributed by atoms with Crippen LogP contribution < -0.4 is 0 Å². The lowest BCUT2D eigenvalue weighted by atomic mass is 10.2. The van der Waals surface area contributed by atoms with Crippen LogP contribution in [0.2, 0.25) is 0 Å². The minimum Gasteiger partial charge on any atom is -0.477 e. The third-order valence-electron chi connectivity index (χ3n) is 2.60. The molecule has 0 aliphatic rings. The maximum absolute atomic E-state index is 11.2. The normalized spacial score (nSPS) is 10.9. The minimum atomic E-state index is -0.923. The summed E-state index contributed by atoms with van der Waals surface area (Å²) in [6.45, 7) is 1.02. The first-order valence-electron chi connectivity index (χ1n) is 5.14. The highest BCUT2D eigenvalue weighted by Gasteiger charge is 2.14. The Kier molecular flexibility index (Phi) is 3.49. The van der Waals surface area contributed by atoms with Crippen LogP contribution >= 0.6 is 15.9 Å². The smallest absolute Gasteiger partial charge is 0.352 e. The van der Waals surface area contributed by atoms with Crippen molar-refractivity contribution in [2.45, 2.75) is 6.54 Å². The molecule has 4 nitrogen and oxygen atoms in total. The summed E-state index contributed by atoms with van der Waals surface area (Å²) in [5.74, 6) is -0.923. The number of carboxylic acids is 1. The zero-order valence-electron chi connectivity index (χ0n) is 9.31. The minimum absolute atomic E-state index is 0.287. The second-order valence-electron chi connectivity index (χ2n) is 3.68. The van der Waals surface area contributed by atoms with Gasteiger partial charge in [0.2, 0.25) is 0 Å². The van der Waals surface area contributed by atoms with E-state index in [-0.39, 0.29) is 5.69 Å². The number of methoxy groups -OCH3 is 1. The molecule has 1 aromatic carbocycles. The van der Waals surface area contributed by atoms with Crippen LogP contribution in [0, 0.1) is 0 Å². The van der Waals surface area contributed by atoms with Crippen LogP contribution in [-0.2, 0) is 11.3 Å². The van der Waals surface area contributed by atoms with Crippen molar-refractivity contribution >= 4 is 32.8 Å². The second-order valence-corrected chi connectivity index (χ2v) is 4.60. The van der Waals surface area contributed by atoms with Crippen molar-refractivity contribution in [3.8, 4) is 0 Å². The number of rotatable bonds is 4. The number of aromatic nitrogens is 1. The number of fused-ring (bicyclic) bond motifs is 1. The van der Waals surface area contributed by atoms with Crippen molar-refractivity contribution in [2.75, 3.05) is 13.7 Å². The third-order valence-corrected chi connectivity index (χ3v) is 3.09. The van der Waals surface area contributed by atoms with Crippen molar-refractivity contribution in [3.63, 3.8) is 0 Å². The molecular weight excluding hydrogens is 286 g/mol. The average Bonchev–Trinajstić information content (AvgIpc) is 2.64. The molecule has 0 fully saturated rings. The highest BCUT2D eigenvalue weighted by molar-refractivity contribution is 9.10. The van der Waals surface area contributed by atoms with Gasteiger partial charge in [0, 0.05) is 29.0 Å². The van der Waals surface area contributed by atoms with Gasteiger partial charge in [-0.3, -0.25) is 0 Å². The van der Waals surface area contributed by atoms with E-state index in [1.54, 1.807) is 17.7 Å². The second kappa shape index (κ2) is 4.89. The maximum Gasteiger partial charge on any atom is 0.352 e. The van der Waals surface area contributed by atoms with Crippen molar-refractivity contribution in [3.05, 3.63) is 34.4 Å². The van der Waals surface area contributed by atoms with Gasteiger partial charge in [-0.15, -0.1) is 0 Å². The molecule has 0 unspecified atom stereocenters. The molecule has 0 atom stereocenters. The molecule has 17 heavy (non-hydrogen) atoms. The number of carbonyl (C=O) groups is 1. The van der Waals surface area contributed by atoms with Gasteiger partial charge in [0.25, 0.3) is 0 Å². The van der Waals surface area contributed by atoms with Crippen LogP contribution in [-0.4, -0.2) is 29.4 Å². The fraction of sp³-hybridized carbons (Fsp3) is 0.250. The van der Waals surface area contributed by atoms with E-state index in [1.807, 2.05) is 18.2 Å². The molecule has 0 aliphatic heterocycles. The molecule has 2 aromatic rings. The quantitative estimate of drug-likeness (QED) is 0.944. The molecule has 0 bridgehead atoms. The predicted octanol–water partition coefficient (Wildman–Crippen LogP) is 2.75. The maximum atomic E-state index is 11.2. The number of aromatic carboxylic acids is 1. The summed E-state index contributed by atoms with van der Waals surface area (Å²) in [7, 11) is 1.60. The summed E-state index contributed by atoms with van der Waals surface area (Å²) in [5.41, 5.74) is 1.19. The van der Waals surface area contributed by atoms with E-state index in [4.69, 9.17) is 9.84 Å². The van der Waals surface area contributed by atoms with Crippen LogP contribution in [0.5, 0.6) is 0 Å². The summed E-state index contributed by atoms with van der Waals surface area (Å²) in [5, 5.41) is 10.1. The summed E-state index contributed by atoms with van der Waals surface area (Å²) in [6.07, 6.45) is 0. The molecule has 1 N–H and O–H groups in total. The Labute approximate surface area is 107 Å². The monoisotopic (exact) mass is 297 g/mol. The largest absolute Gasteiger partial charge is 0.477 e. The lowest BCUT2D eigenvalue weighted by molar-refractivity contribution is 0.0683. The molecule has 5 heteroatoms. The molecule has 1 heterocycles. The first-order valence-corrected chi connectivity index (χ1v) is 5.94. The highest BCUT2D eigenvalue weighted by atomic mass is 79.9. The fourth-order valence-corrected chi connectivity index (χ4v) is 2.22. The molecule has 0 radical (unpaired) electrons. The van der Waals surface area contributed by atoms with Crippen molar-refractivity contribution < 1.29 is 14.6 Å². The molecule has 0 saturated heterocycles. The summed E-state index contributed by atoms with van der Waals surface area (Å²) >= 11 is 3.37. The summed E-state index contributed by atoms with van der Waals surface area (Å²) < 4.78 is 7.69. The van der Waals surface area contributed by atoms with Gasteiger partial charge in [0.1, 0.15) is 5.69 Å². The van der Waals surface area contributed by atoms with Crippen LogP contribution in [0.25, 0.3) is 10.9 Å². The van der Waals surface area contributed by atoms with Gasteiger partial charge in [-0.05, 0) is 24.3 Å². The lowest BCUT2D eigenvalue weighted by Gasteiger charge is -2.07. The Hall–Kier alpha value is -1.33. The van der Waals surface area contributed by atoms with Crippen LogP contribution in [0.1, 0.15) is 10.5 Å². The number of halogens is 1. The molecule has 2 rings (SSSR count). The van der Waals surface area contributed by atoms with E-state index in [2.05, 4.69) is 15.9 Å². The van der Waals surface area contributed by atoms with Crippen LogP contribution in [0.3, 0.4) is 0 Å². The molecule has 0 spiro atoms. The number of ether oxygens (including phenoxy) is 1. The van der Waals surface area contributed by atoms with Crippen molar-refractivity contribution in [1.29, 1.82) is 0 Å².